The van der Waals surface area contributed by atoms with E-state index in [9.17, 15) is 13.6 Å². The molecule has 1 aromatic carbocycles. The molecular formula is C22H34F2IN5O. The third-order valence-corrected chi connectivity index (χ3v) is 5.89. The minimum atomic E-state index is -0.809. The second kappa shape index (κ2) is 12.5. The molecule has 2 fully saturated rings. The summed E-state index contributed by atoms with van der Waals surface area (Å²) in [6, 6.07) is 4.79. The van der Waals surface area contributed by atoms with Crippen molar-refractivity contribution in [3.8, 4) is 0 Å². The van der Waals surface area contributed by atoms with Crippen molar-refractivity contribution in [2.75, 3.05) is 33.7 Å². The molecule has 0 bridgehead atoms. The lowest BCUT2D eigenvalue weighted by atomic mass is 10.0. The van der Waals surface area contributed by atoms with E-state index in [0.717, 1.165) is 50.3 Å². The second-order valence-electron chi connectivity index (χ2n) is 8.52. The highest BCUT2D eigenvalue weighted by atomic mass is 127. The van der Waals surface area contributed by atoms with Gasteiger partial charge in [-0.05, 0) is 43.4 Å². The van der Waals surface area contributed by atoms with Gasteiger partial charge in [0.05, 0.1) is 0 Å². The molecule has 1 saturated carbocycles. The number of likely N-dealkylation sites (tertiary alicyclic amines) is 1. The van der Waals surface area contributed by atoms with Crippen molar-refractivity contribution in [2.45, 2.75) is 57.2 Å². The van der Waals surface area contributed by atoms with Gasteiger partial charge in [0.2, 0.25) is 5.91 Å². The Morgan fingerprint density at radius 2 is 1.68 bits per heavy atom. The number of hydrogen-bond acceptors (Lipinski definition) is 3. The number of piperidine rings is 1. The number of carbonyl (C=O) groups is 1. The third-order valence-electron chi connectivity index (χ3n) is 5.89. The Hall–Kier alpha value is -1.49. The van der Waals surface area contributed by atoms with E-state index in [1.165, 1.54) is 25.0 Å². The van der Waals surface area contributed by atoms with Gasteiger partial charge in [0.15, 0.2) is 17.6 Å². The van der Waals surface area contributed by atoms with E-state index in [2.05, 4.69) is 20.5 Å². The van der Waals surface area contributed by atoms with Crippen LogP contribution in [0.2, 0.25) is 0 Å². The minimum Gasteiger partial charge on any atom is -0.354 e. The lowest BCUT2D eigenvalue weighted by Gasteiger charge is -2.33. The first-order valence-corrected chi connectivity index (χ1v) is 10.8. The Morgan fingerprint density at radius 3 is 2.26 bits per heavy atom. The number of aliphatic imine (C=N–C) groups is 1. The highest BCUT2D eigenvalue weighted by Gasteiger charge is 2.22. The largest absolute Gasteiger partial charge is 0.354 e. The molecule has 31 heavy (non-hydrogen) atoms. The molecular weight excluding hydrogens is 515 g/mol. The molecule has 6 nitrogen and oxygen atoms in total. The number of nitrogens with one attached hydrogen (secondary N) is 2. The average molecular weight is 549 g/mol. The van der Waals surface area contributed by atoms with E-state index in [0.29, 0.717) is 12.6 Å². The topological polar surface area (TPSA) is 60.0 Å². The maximum Gasteiger partial charge on any atom is 0.243 e. The normalized spacial score (nSPS) is 18.5. The van der Waals surface area contributed by atoms with Gasteiger partial charge in [0, 0.05) is 45.8 Å². The van der Waals surface area contributed by atoms with Crippen molar-refractivity contribution in [3.05, 3.63) is 35.4 Å². The van der Waals surface area contributed by atoms with Gasteiger partial charge in [-0.2, -0.15) is 0 Å². The first-order chi connectivity index (χ1) is 14.4. The van der Waals surface area contributed by atoms with Gasteiger partial charge in [0.25, 0.3) is 0 Å². The molecule has 0 aromatic heterocycles. The predicted molar refractivity (Wildman–Crippen MR) is 130 cm³/mol. The van der Waals surface area contributed by atoms with Gasteiger partial charge < -0.3 is 15.5 Å². The van der Waals surface area contributed by atoms with Gasteiger partial charge in [0.1, 0.15) is 6.54 Å². The number of benzene rings is 1. The van der Waals surface area contributed by atoms with Crippen molar-refractivity contribution >= 4 is 35.8 Å². The molecule has 1 aliphatic heterocycles. The van der Waals surface area contributed by atoms with E-state index in [1.807, 2.05) is 0 Å². The fraction of sp³-hybridized carbons (Fsp3) is 0.636. The SMILES string of the molecule is CN(C)C(=O)CN=C(NC1CCCC1)NC1CCN(Cc2ccc(F)c(F)c2)CC1.I. The van der Waals surface area contributed by atoms with Crippen molar-refractivity contribution < 1.29 is 13.6 Å². The molecule has 2 aliphatic rings. The lowest BCUT2D eigenvalue weighted by molar-refractivity contribution is -0.127. The zero-order valence-electron chi connectivity index (χ0n) is 18.4. The Labute approximate surface area is 200 Å². The molecule has 1 saturated heterocycles. The summed E-state index contributed by atoms with van der Waals surface area (Å²) in [5.74, 6) is -0.911. The van der Waals surface area contributed by atoms with Crippen molar-refractivity contribution in [2.24, 2.45) is 4.99 Å². The molecule has 1 heterocycles. The van der Waals surface area contributed by atoms with Crippen LogP contribution >= 0.6 is 24.0 Å². The van der Waals surface area contributed by atoms with Gasteiger partial charge in [-0.15, -0.1) is 24.0 Å². The van der Waals surface area contributed by atoms with E-state index < -0.39 is 11.6 Å². The van der Waals surface area contributed by atoms with Crippen LogP contribution in [0.3, 0.4) is 0 Å². The molecule has 9 heteroatoms. The van der Waals surface area contributed by atoms with Crippen LogP contribution in [0.5, 0.6) is 0 Å². The van der Waals surface area contributed by atoms with E-state index in [-0.39, 0.29) is 42.5 Å². The zero-order chi connectivity index (χ0) is 21.5. The maximum atomic E-state index is 13.4. The number of halogens is 3. The summed E-state index contributed by atoms with van der Waals surface area (Å²) >= 11 is 0. The molecule has 1 aliphatic carbocycles. The van der Waals surface area contributed by atoms with Crippen molar-refractivity contribution in [3.63, 3.8) is 0 Å². The van der Waals surface area contributed by atoms with Crippen LogP contribution in [0.4, 0.5) is 8.78 Å². The molecule has 0 spiro atoms. The number of likely N-dealkylation sites (N-methyl/N-ethyl adjacent to an activating group) is 1. The number of amides is 1. The Bertz CT molecular complexity index is 747. The number of carbonyl (C=O) groups excluding carboxylic acids is 1. The van der Waals surface area contributed by atoms with Crippen molar-refractivity contribution in [1.82, 2.24) is 20.4 Å². The molecule has 0 atom stereocenters. The summed E-state index contributed by atoms with van der Waals surface area (Å²) in [7, 11) is 3.47. The van der Waals surface area contributed by atoms with Crippen LogP contribution in [-0.4, -0.2) is 67.5 Å². The summed E-state index contributed by atoms with van der Waals surface area (Å²) in [4.78, 5) is 20.3. The third kappa shape index (κ3) is 8.17. The first-order valence-electron chi connectivity index (χ1n) is 10.8. The Morgan fingerprint density at radius 1 is 1.06 bits per heavy atom. The van der Waals surface area contributed by atoms with Gasteiger partial charge in [-0.3, -0.25) is 9.69 Å². The summed E-state index contributed by atoms with van der Waals surface area (Å²) in [5.41, 5.74) is 0.785. The summed E-state index contributed by atoms with van der Waals surface area (Å²) in [6.45, 7) is 2.47. The average Bonchev–Trinajstić information content (AvgIpc) is 3.23. The molecule has 174 valence electrons. The highest BCUT2D eigenvalue weighted by molar-refractivity contribution is 14.0. The molecule has 0 radical (unpaired) electrons. The molecule has 2 N–H and O–H groups in total. The highest BCUT2D eigenvalue weighted by Crippen LogP contribution is 2.18. The van der Waals surface area contributed by atoms with Gasteiger partial charge in [-0.25, -0.2) is 13.8 Å². The fourth-order valence-electron chi connectivity index (χ4n) is 4.01. The van der Waals surface area contributed by atoms with Crippen LogP contribution in [0.15, 0.2) is 23.2 Å². The first kappa shape index (κ1) is 25.8. The van der Waals surface area contributed by atoms with E-state index in [1.54, 1.807) is 25.1 Å². The van der Waals surface area contributed by atoms with E-state index >= 15 is 0 Å². The number of nitrogens with zero attached hydrogens (tertiary/aromatic N) is 3. The standard InChI is InChI=1S/C22H33F2N5O.HI/c1-28(2)21(30)14-25-22(26-17-5-3-4-6-17)27-18-9-11-29(12-10-18)15-16-7-8-19(23)20(24)13-16;/h7-8,13,17-18H,3-6,9-12,14-15H2,1-2H3,(H2,25,26,27);1H. The molecule has 1 amide bonds. The number of rotatable bonds is 6. The van der Waals surface area contributed by atoms with E-state index in [4.69, 9.17) is 0 Å². The van der Waals surface area contributed by atoms with Crippen LogP contribution in [-0.2, 0) is 11.3 Å². The zero-order valence-corrected chi connectivity index (χ0v) is 20.7. The Kier molecular flexibility index (Phi) is 10.4. The van der Waals surface area contributed by atoms with Crippen LogP contribution in [0.25, 0.3) is 0 Å². The lowest BCUT2D eigenvalue weighted by Crippen LogP contribution is -2.50. The Balaban J connectivity index is 0.00000341. The predicted octanol–water partition coefficient (Wildman–Crippen LogP) is 3.11. The quantitative estimate of drug-likeness (QED) is 0.326. The van der Waals surface area contributed by atoms with Crippen LogP contribution in [0, 0.1) is 11.6 Å². The summed E-state index contributed by atoms with van der Waals surface area (Å²) in [5, 5.41) is 7.01. The van der Waals surface area contributed by atoms with Gasteiger partial charge in [-0.1, -0.05) is 18.9 Å². The number of guanidine groups is 1. The summed E-state index contributed by atoms with van der Waals surface area (Å²) in [6.07, 6.45) is 6.57. The molecule has 0 unspecified atom stereocenters. The van der Waals surface area contributed by atoms with Gasteiger partial charge >= 0.3 is 0 Å². The van der Waals surface area contributed by atoms with Crippen LogP contribution < -0.4 is 10.6 Å². The monoisotopic (exact) mass is 549 g/mol. The number of hydrogen-bond donors (Lipinski definition) is 2. The minimum absolute atomic E-state index is 0. The van der Waals surface area contributed by atoms with Crippen LogP contribution in [0.1, 0.15) is 44.1 Å². The van der Waals surface area contributed by atoms with Crippen molar-refractivity contribution in [1.29, 1.82) is 0 Å². The fourth-order valence-corrected chi connectivity index (χ4v) is 4.01. The maximum absolute atomic E-state index is 13.4. The molecule has 1 aromatic rings. The molecule has 3 rings (SSSR count). The second-order valence-corrected chi connectivity index (χ2v) is 8.52. The summed E-state index contributed by atoms with van der Waals surface area (Å²) < 4.78 is 26.5. The smallest absolute Gasteiger partial charge is 0.243 e.